The molecule has 0 aliphatic rings. The third-order valence-corrected chi connectivity index (χ3v) is 6.95. The minimum atomic E-state index is -3.51. The monoisotopic (exact) mass is 409 g/mol. The van der Waals surface area contributed by atoms with Crippen molar-refractivity contribution in [1.82, 2.24) is 19.9 Å². The van der Waals surface area contributed by atoms with Crippen LogP contribution in [0.3, 0.4) is 0 Å². The van der Waals surface area contributed by atoms with Gasteiger partial charge in [-0.05, 0) is 32.4 Å². The molecule has 27 heavy (non-hydrogen) atoms. The highest BCUT2D eigenvalue weighted by molar-refractivity contribution is 7.89. The van der Waals surface area contributed by atoms with Gasteiger partial charge in [0.25, 0.3) is 0 Å². The van der Waals surface area contributed by atoms with Crippen LogP contribution < -0.4 is 10.6 Å². The Kier molecular flexibility index (Phi) is 7.34. The number of thiazole rings is 1. The highest BCUT2D eigenvalue weighted by Crippen LogP contribution is 2.19. The van der Waals surface area contributed by atoms with Gasteiger partial charge in [-0.25, -0.2) is 22.7 Å². The van der Waals surface area contributed by atoms with Crippen LogP contribution in [-0.2, 0) is 23.1 Å². The largest absolute Gasteiger partial charge is 0.357 e. The second kappa shape index (κ2) is 9.29. The molecule has 0 aliphatic heterocycles. The molecule has 0 saturated carbocycles. The number of aryl methyl sites for hydroxylation is 2. The number of guanidine groups is 1. The van der Waals surface area contributed by atoms with Crippen molar-refractivity contribution in [3.8, 4) is 0 Å². The average molecular weight is 410 g/mol. The Bertz CT molecular complexity index is 885. The van der Waals surface area contributed by atoms with Crippen molar-refractivity contribution < 1.29 is 8.42 Å². The van der Waals surface area contributed by atoms with Crippen molar-refractivity contribution in [3.63, 3.8) is 0 Å². The molecule has 148 valence electrons. The van der Waals surface area contributed by atoms with E-state index in [1.54, 1.807) is 29.5 Å². The maximum Gasteiger partial charge on any atom is 0.242 e. The summed E-state index contributed by atoms with van der Waals surface area (Å²) in [4.78, 5) is 10.5. The predicted molar refractivity (Wildman–Crippen MR) is 111 cm³/mol. The number of benzene rings is 1. The van der Waals surface area contributed by atoms with Crippen molar-refractivity contribution >= 4 is 27.3 Å². The number of sulfonamides is 1. The van der Waals surface area contributed by atoms with Crippen LogP contribution in [-0.4, -0.2) is 44.3 Å². The van der Waals surface area contributed by atoms with Crippen LogP contribution in [0.15, 0.2) is 34.2 Å². The van der Waals surface area contributed by atoms with Gasteiger partial charge in [0.1, 0.15) is 5.01 Å². The van der Waals surface area contributed by atoms with Crippen molar-refractivity contribution in [2.75, 3.05) is 20.6 Å². The summed E-state index contributed by atoms with van der Waals surface area (Å²) in [7, 11) is -0.456. The molecular formula is C18H27N5O2S2. The fraction of sp³-hybridized carbons (Fsp3) is 0.444. The SMILES string of the molecule is CCNC(=NCc1ccccc1S(=O)(=O)N(C)C)NCc1nc(C)c(C)s1. The number of nitrogens with zero attached hydrogens (tertiary/aromatic N) is 3. The molecule has 0 saturated heterocycles. The van der Waals surface area contributed by atoms with Crippen LogP contribution in [0.5, 0.6) is 0 Å². The van der Waals surface area contributed by atoms with Crippen molar-refractivity contribution in [2.24, 2.45) is 4.99 Å². The zero-order valence-corrected chi connectivity index (χ0v) is 18.0. The first-order valence-electron chi connectivity index (χ1n) is 8.71. The van der Waals surface area contributed by atoms with Crippen molar-refractivity contribution in [2.45, 2.75) is 38.8 Å². The van der Waals surface area contributed by atoms with Gasteiger partial charge in [-0.3, -0.25) is 0 Å². The molecule has 0 amide bonds. The first-order chi connectivity index (χ1) is 12.8. The lowest BCUT2D eigenvalue weighted by atomic mass is 10.2. The second-order valence-corrected chi connectivity index (χ2v) is 9.60. The Morgan fingerprint density at radius 3 is 2.52 bits per heavy atom. The topological polar surface area (TPSA) is 86.7 Å². The minimum Gasteiger partial charge on any atom is -0.357 e. The predicted octanol–water partition coefficient (Wildman–Crippen LogP) is 2.27. The molecule has 0 aliphatic carbocycles. The van der Waals surface area contributed by atoms with Crippen LogP contribution >= 0.6 is 11.3 Å². The summed E-state index contributed by atoms with van der Waals surface area (Å²) in [5, 5.41) is 7.43. The van der Waals surface area contributed by atoms with E-state index in [4.69, 9.17) is 0 Å². The van der Waals surface area contributed by atoms with E-state index >= 15 is 0 Å². The highest BCUT2D eigenvalue weighted by Gasteiger charge is 2.20. The Balaban J connectivity index is 2.17. The van der Waals surface area contributed by atoms with E-state index < -0.39 is 10.0 Å². The molecule has 1 aromatic carbocycles. The Morgan fingerprint density at radius 2 is 1.93 bits per heavy atom. The molecule has 2 aromatic rings. The standard InChI is InChI=1S/C18H27N5O2S2/c1-6-19-18(21-12-17-22-13(2)14(3)26-17)20-11-15-9-7-8-10-16(15)27(24,25)23(4)5/h7-10H,6,11-12H2,1-5H3,(H2,19,20,21). The molecular weight excluding hydrogens is 382 g/mol. The van der Waals surface area contributed by atoms with E-state index in [0.29, 0.717) is 24.6 Å². The zero-order chi connectivity index (χ0) is 20.0. The maximum absolute atomic E-state index is 12.5. The third-order valence-electron chi connectivity index (χ3n) is 3.96. The van der Waals surface area contributed by atoms with Gasteiger partial charge in [0.05, 0.1) is 23.7 Å². The van der Waals surface area contributed by atoms with E-state index in [1.165, 1.54) is 23.3 Å². The summed E-state index contributed by atoms with van der Waals surface area (Å²) < 4.78 is 26.2. The van der Waals surface area contributed by atoms with Gasteiger partial charge in [0.2, 0.25) is 10.0 Å². The highest BCUT2D eigenvalue weighted by atomic mass is 32.2. The molecule has 1 heterocycles. The van der Waals surface area contributed by atoms with Crippen LogP contribution in [0.2, 0.25) is 0 Å². The summed E-state index contributed by atoms with van der Waals surface area (Å²) >= 11 is 1.66. The zero-order valence-electron chi connectivity index (χ0n) is 16.4. The summed E-state index contributed by atoms with van der Waals surface area (Å²) in [5.41, 5.74) is 1.70. The Hall–Kier alpha value is -1.97. The van der Waals surface area contributed by atoms with Gasteiger partial charge in [-0.2, -0.15) is 0 Å². The van der Waals surface area contributed by atoms with Crippen LogP contribution in [0, 0.1) is 13.8 Å². The van der Waals surface area contributed by atoms with E-state index in [9.17, 15) is 8.42 Å². The van der Waals surface area contributed by atoms with E-state index in [0.717, 1.165) is 10.7 Å². The molecule has 0 radical (unpaired) electrons. The number of aromatic nitrogens is 1. The molecule has 0 unspecified atom stereocenters. The summed E-state index contributed by atoms with van der Waals surface area (Å²) in [5.74, 6) is 0.625. The van der Waals surface area contributed by atoms with E-state index in [2.05, 4.69) is 27.5 Å². The minimum absolute atomic E-state index is 0.258. The first kappa shape index (κ1) is 21.3. The quantitative estimate of drug-likeness (QED) is 0.541. The van der Waals surface area contributed by atoms with Crippen LogP contribution in [0.25, 0.3) is 0 Å². The van der Waals surface area contributed by atoms with Gasteiger partial charge in [-0.15, -0.1) is 11.3 Å². The molecule has 7 nitrogen and oxygen atoms in total. The fourth-order valence-electron chi connectivity index (χ4n) is 2.36. The van der Waals surface area contributed by atoms with Crippen LogP contribution in [0.4, 0.5) is 0 Å². The van der Waals surface area contributed by atoms with Gasteiger partial charge in [0, 0.05) is 25.5 Å². The average Bonchev–Trinajstić information content (AvgIpc) is 2.95. The van der Waals surface area contributed by atoms with Crippen molar-refractivity contribution in [1.29, 1.82) is 0 Å². The second-order valence-electron chi connectivity index (χ2n) is 6.19. The molecule has 0 fully saturated rings. The van der Waals surface area contributed by atoms with Gasteiger partial charge in [0.15, 0.2) is 5.96 Å². The smallest absolute Gasteiger partial charge is 0.242 e. The maximum atomic E-state index is 12.5. The Labute approximate surface area is 165 Å². The molecule has 0 atom stereocenters. The number of aliphatic imine (C=N–C) groups is 1. The third kappa shape index (κ3) is 5.50. The lowest BCUT2D eigenvalue weighted by molar-refractivity contribution is 0.519. The summed E-state index contributed by atoms with van der Waals surface area (Å²) in [6.07, 6.45) is 0. The number of hydrogen-bond acceptors (Lipinski definition) is 5. The number of nitrogens with one attached hydrogen (secondary N) is 2. The molecule has 1 aromatic heterocycles. The lowest BCUT2D eigenvalue weighted by Crippen LogP contribution is -2.36. The molecule has 0 bridgehead atoms. The molecule has 0 spiro atoms. The van der Waals surface area contributed by atoms with E-state index in [1.807, 2.05) is 19.9 Å². The van der Waals surface area contributed by atoms with E-state index in [-0.39, 0.29) is 11.4 Å². The summed E-state index contributed by atoms with van der Waals surface area (Å²) in [6.45, 7) is 7.57. The van der Waals surface area contributed by atoms with Gasteiger partial charge >= 0.3 is 0 Å². The summed E-state index contributed by atoms with van der Waals surface area (Å²) in [6, 6.07) is 6.94. The normalized spacial score (nSPS) is 12.4. The lowest BCUT2D eigenvalue weighted by Gasteiger charge is -2.15. The Morgan fingerprint density at radius 1 is 1.22 bits per heavy atom. The van der Waals surface area contributed by atoms with Crippen molar-refractivity contribution in [3.05, 3.63) is 45.4 Å². The molecule has 2 rings (SSSR count). The molecule has 9 heteroatoms. The van der Waals surface area contributed by atoms with Crippen LogP contribution in [0.1, 0.15) is 28.1 Å². The number of rotatable bonds is 7. The number of hydrogen-bond donors (Lipinski definition) is 2. The molecule has 2 N–H and O–H groups in total. The fourth-order valence-corrected chi connectivity index (χ4v) is 4.34. The van der Waals surface area contributed by atoms with Gasteiger partial charge in [-0.1, -0.05) is 18.2 Å². The first-order valence-corrected chi connectivity index (χ1v) is 11.0. The van der Waals surface area contributed by atoms with Gasteiger partial charge < -0.3 is 10.6 Å².